The molecule has 0 bridgehead atoms. The van der Waals surface area contributed by atoms with E-state index in [1.165, 1.54) is 24.4 Å². The van der Waals surface area contributed by atoms with E-state index < -0.39 is 21.9 Å². The highest BCUT2D eigenvalue weighted by atomic mass is 32.2. The minimum absolute atomic E-state index is 0. The maximum Gasteiger partial charge on any atom is 0.431 e. The average Bonchev–Trinajstić information content (AvgIpc) is 3.05. The van der Waals surface area contributed by atoms with Crippen LogP contribution in [0.25, 0.3) is 22.3 Å². The number of nitrogens with one attached hydrogen (secondary N) is 2. The number of halogens is 3. The van der Waals surface area contributed by atoms with Gasteiger partial charge in [0.2, 0.25) is 10.0 Å². The number of pyridine rings is 2. The molecule has 3 rings (SSSR count). The molecule has 3 aromatic rings. The summed E-state index contributed by atoms with van der Waals surface area (Å²) in [5.41, 5.74) is 5.14. The molecule has 3 heterocycles. The molecule has 0 radical (unpaired) electrons. The zero-order chi connectivity index (χ0) is 18.9. The van der Waals surface area contributed by atoms with Crippen LogP contribution in [0.1, 0.15) is 13.1 Å². The summed E-state index contributed by atoms with van der Waals surface area (Å²) in [5, 5.41) is 0.240. The molecule has 27 heavy (non-hydrogen) atoms. The van der Waals surface area contributed by atoms with Crippen LogP contribution in [0.15, 0.2) is 41.6 Å². The topological polar surface area (TPSA) is 114 Å². The second-order valence-electron chi connectivity index (χ2n) is 5.37. The maximum atomic E-state index is 12.9. The van der Waals surface area contributed by atoms with E-state index in [0.29, 0.717) is 11.3 Å². The normalized spacial score (nSPS) is 12.1. The third-order valence-electron chi connectivity index (χ3n) is 3.60. The lowest BCUT2D eigenvalue weighted by Crippen LogP contribution is -2.29. The quantitative estimate of drug-likeness (QED) is 0.608. The molecule has 0 unspecified atom stereocenters. The van der Waals surface area contributed by atoms with Gasteiger partial charge in [-0.1, -0.05) is 7.43 Å². The summed E-state index contributed by atoms with van der Waals surface area (Å²) in [6, 6.07) is 5.21. The number of hydrogen-bond donors (Lipinski definition) is 3. The Labute approximate surface area is 153 Å². The Hall–Kier alpha value is -2.50. The highest BCUT2D eigenvalue weighted by Gasteiger charge is 2.33. The molecule has 0 amide bonds. The fourth-order valence-corrected chi connectivity index (χ4v) is 3.37. The Morgan fingerprint density at radius 2 is 1.93 bits per heavy atom. The van der Waals surface area contributed by atoms with E-state index in [0.717, 1.165) is 12.3 Å². The Morgan fingerprint density at radius 3 is 2.52 bits per heavy atom. The van der Waals surface area contributed by atoms with Gasteiger partial charge in [0.1, 0.15) is 16.2 Å². The lowest BCUT2D eigenvalue weighted by atomic mass is 10.1. The summed E-state index contributed by atoms with van der Waals surface area (Å²) < 4.78 is 65.0. The number of sulfonamides is 1. The van der Waals surface area contributed by atoms with Crippen molar-refractivity contribution in [3.8, 4) is 11.3 Å². The summed E-state index contributed by atoms with van der Waals surface area (Å²) in [6.45, 7) is 0.230. The van der Waals surface area contributed by atoms with Gasteiger partial charge in [0.15, 0.2) is 0 Å². The van der Waals surface area contributed by atoms with Gasteiger partial charge in [0.05, 0.1) is 5.69 Å². The van der Waals surface area contributed by atoms with Crippen LogP contribution in [0.5, 0.6) is 0 Å². The van der Waals surface area contributed by atoms with Gasteiger partial charge in [-0.2, -0.15) is 13.2 Å². The SMILES string of the molecule is C.NCCNS(=O)(=O)c1ccc(-c2ccnc3[nH]c(C(F)(F)F)cc23)nc1. The van der Waals surface area contributed by atoms with Gasteiger partial charge in [-0.25, -0.2) is 18.1 Å². The summed E-state index contributed by atoms with van der Waals surface area (Å²) in [7, 11) is -3.74. The Bertz CT molecular complexity index is 1030. The van der Waals surface area contributed by atoms with Crippen LogP contribution in [0.2, 0.25) is 0 Å². The summed E-state index contributed by atoms with van der Waals surface area (Å²) in [6.07, 6.45) is -2.04. The highest BCUT2D eigenvalue weighted by Crippen LogP contribution is 2.34. The van der Waals surface area contributed by atoms with Crippen molar-refractivity contribution in [1.82, 2.24) is 19.7 Å². The van der Waals surface area contributed by atoms with Crippen molar-refractivity contribution >= 4 is 21.1 Å². The van der Waals surface area contributed by atoms with Crippen LogP contribution in [-0.2, 0) is 16.2 Å². The molecular weight excluding hydrogens is 383 g/mol. The number of rotatable bonds is 5. The molecule has 0 aliphatic carbocycles. The maximum absolute atomic E-state index is 12.9. The van der Waals surface area contributed by atoms with Crippen molar-refractivity contribution in [3.63, 3.8) is 0 Å². The first-order chi connectivity index (χ1) is 12.2. The van der Waals surface area contributed by atoms with Gasteiger partial charge >= 0.3 is 6.18 Å². The molecule has 0 fully saturated rings. The molecule has 11 heteroatoms. The molecule has 0 aliphatic rings. The number of alkyl halides is 3. The Kier molecular flexibility index (Phi) is 5.88. The minimum atomic E-state index is -4.53. The summed E-state index contributed by atoms with van der Waals surface area (Å²) in [4.78, 5) is 10.1. The molecule has 0 aromatic carbocycles. The first kappa shape index (κ1) is 20.8. The van der Waals surface area contributed by atoms with E-state index in [-0.39, 0.29) is 36.4 Å². The number of aromatic amines is 1. The van der Waals surface area contributed by atoms with E-state index in [2.05, 4.69) is 19.7 Å². The van der Waals surface area contributed by atoms with Gasteiger partial charge in [-0.05, 0) is 24.3 Å². The molecular formula is C16H18F3N5O2S. The molecule has 0 aliphatic heterocycles. The molecule has 0 spiro atoms. The van der Waals surface area contributed by atoms with Gasteiger partial charge in [-0.15, -0.1) is 0 Å². The monoisotopic (exact) mass is 401 g/mol. The smallest absolute Gasteiger partial charge is 0.336 e. The van der Waals surface area contributed by atoms with Gasteiger partial charge in [-0.3, -0.25) is 4.98 Å². The fraction of sp³-hybridized carbons (Fsp3) is 0.250. The predicted molar refractivity (Wildman–Crippen MR) is 95.3 cm³/mol. The Balaban J connectivity index is 0.00000261. The van der Waals surface area contributed by atoms with E-state index >= 15 is 0 Å². The van der Waals surface area contributed by atoms with Crippen LogP contribution in [0.3, 0.4) is 0 Å². The Morgan fingerprint density at radius 1 is 1.19 bits per heavy atom. The van der Waals surface area contributed by atoms with Gasteiger partial charge in [0, 0.05) is 36.4 Å². The van der Waals surface area contributed by atoms with Crippen LogP contribution < -0.4 is 10.5 Å². The first-order valence-corrected chi connectivity index (χ1v) is 8.92. The van der Waals surface area contributed by atoms with Gasteiger partial charge < -0.3 is 10.7 Å². The van der Waals surface area contributed by atoms with Crippen LogP contribution in [0, 0.1) is 0 Å². The van der Waals surface area contributed by atoms with Crippen LogP contribution in [0.4, 0.5) is 13.2 Å². The second-order valence-corrected chi connectivity index (χ2v) is 7.13. The third-order valence-corrected chi connectivity index (χ3v) is 5.04. The summed E-state index contributed by atoms with van der Waals surface area (Å²) >= 11 is 0. The van der Waals surface area contributed by atoms with Crippen molar-refractivity contribution in [3.05, 3.63) is 42.4 Å². The third kappa shape index (κ3) is 4.26. The average molecular weight is 401 g/mol. The number of nitrogens with zero attached hydrogens (tertiary/aromatic N) is 2. The number of aromatic nitrogens is 3. The zero-order valence-electron chi connectivity index (χ0n) is 13.2. The standard InChI is InChI=1S/C15H14F3N5O2S.CH4/c16-15(17,18)13-7-11-10(3-5-20-14(11)23-13)12-2-1-9(8-21-12)26(24,25)22-6-4-19;/h1-3,5,7-8,22H,4,6,19H2,(H,20,23);1H4. The number of fused-ring (bicyclic) bond motifs is 1. The van der Waals surface area contributed by atoms with Crippen molar-refractivity contribution < 1.29 is 21.6 Å². The number of hydrogen-bond acceptors (Lipinski definition) is 5. The van der Waals surface area contributed by atoms with E-state index in [4.69, 9.17) is 5.73 Å². The number of H-pyrrole nitrogens is 1. The minimum Gasteiger partial charge on any atom is -0.336 e. The lowest BCUT2D eigenvalue weighted by Gasteiger charge is -2.07. The molecule has 3 aromatic heterocycles. The molecule has 7 nitrogen and oxygen atoms in total. The van der Waals surface area contributed by atoms with Crippen LogP contribution in [-0.4, -0.2) is 36.5 Å². The van der Waals surface area contributed by atoms with E-state index in [9.17, 15) is 21.6 Å². The largest absolute Gasteiger partial charge is 0.431 e. The highest BCUT2D eigenvalue weighted by molar-refractivity contribution is 7.89. The first-order valence-electron chi connectivity index (χ1n) is 7.43. The molecule has 0 atom stereocenters. The van der Waals surface area contributed by atoms with Crippen molar-refractivity contribution in [2.24, 2.45) is 5.73 Å². The van der Waals surface area contributed by atoms with Crippen LogP contribution >= 0.6 is 0 Å². The van der Waals surface area contributed by atoms with Gasteiger partial charge in [0.25, 0.3) is 0 Å². The van der Waals surface area contributed by atoms with Crippen molar-refractivity contribution in [2.45, 2.75) is 18.5 Å². The van der Waals surface area contributed by atoms with E-state index in [1.54, 1.807) is 0 Å². The van der Waals surface area contributed by atoms with Crippen molar-refractivity contribution in [2.75, 3.05) is 13.1 Å². The predicted octanol–water partition coefficient (Wildman–Crippen LogP) is 2.52. The molecule has 0 saturated heterocycles. The van der Waals surface area contributed by atoms with E-state index in [1.807, 2.05) is 0 Å². The molecule has 146 valence electrons. The zero-order valence-corrected chi connectivity index (χ0v) is 14.0. The molecule has 0 saturated carbocycles. The van der Waals surface area contributed by atoms with Crippen molar-refractivity contribution in [1.29, 1.82) is 0 Å². The fourth-order valence-electron chi connectivity index (χ4n) is 2.38. The molecule has 4 N–H and O–H groups in total. The summed E-state index contributed by atoms with van der Waals surface area (Å²) in [5.74, 6) is 0. The lowest BCUT2D eigenvalue weighted by molar-refractivity contribution is -0.140. The second kappa shape index (κ2) is 7.62. The number of nitrogens with two attached hydrogens (primary N) is 1.